The molecule has 0 aliphatic carbocycles. The Hall–Kier alpha value is -2.30. The first-order valence-electron chi connectivity index (χ1n) is 4.79. The average Bonchev–Trinajstić information content (AvgIpc) is 2.86. The van der Waals surface area contributed by atoms with E-state index in [0.717, 1.165) is 0 Å². The summed E-state index contributed by atoms with van der Waals surface area (Å²) in [6.07, 6.45) is 0. The molecule has 6 heteroatoms. The van der Waals surface area contributed by atoms with E-state index in [1.807, 2.05) is 11.4 Å². The van der Waals surface area contributed by atoms with Crippen LogP contribution in [0.15, 0.2) is 46.9 Å². The van der Waals surface area contributed by atoms with Gasteiger partial charge in [0.2, 0.25) is 0 Å². The zero-order valence-electron chi connectivity index (χ0n) is 8.70. The van der Waals surface area contributed by atoms with E-state index >= 15 is 0 Å². The number of nitrogens with zero attached hydrogens (tertiary/aromatic N) is 3. The van der Waals surface area contributed by atoms with Gasteiger partial charge in [-0.15, -0.1) is 11.3 Å². The highest BCUT2D eigenvalue weighted by atomic mass is 32.1. The smallest absolute Gasteiger partial charge is 0.265 e. The molecule has 1 N–H and O–H groups in total. The fraction of sp³-hybridized carbons (Fsp3) is 0. The number of carbonyl (C=O) groups is 1. The Labute approximate surface area is 101 Å². The Balaban J connectivity index is 2.09. The molecule has 1 aromatic heterocycles. The molecule has 0 saturated carbocycles. The van der Waals surface area contributed by atoms with Gasteiger partial charge in [0.1, 0.15) is 0 Å². The van der Waals surface area contributed by atoms with Crippen molar-refractivity contribution in [2.24, 2.45) is 5.11 Å². The minimum Gasteiger partial charge on any atom is -0.321 e. The van der Waals surface area contributed by atoms with E-state index in [0.29, 0.717) is 16.3 Å². The van der Waals surface area contributed by atoms with E-state index in [1.54, 1.807) is 30.3 Å². The van der Waals surface area contributed by atoms with E-state index in [2.05, 4.69) is 15.3 Å². The van der Waals surface area contributed by atoms with Crippen molar-refractivity contribution < 1.29 is 4.79 Å². The molecule has 1 amide bonds. The molecule has 1 aromatic carbocycles. The van der Waals surface area contributed by atoms with Crippen LogP contribution in [0.1, 0.15) is 9.67 Å². The standard InChI is InChI=1S/C11H8N4OS/c12-15-14-9-5-3-8(4-6-9)13-11(16)10-2-1-7-17-10/h1-7H,(H,13,16). The lowest BCUT2D eigenvalue weighted by molar-refractivity contribution is 0.103. The van der Waals surface area contributed by atoms with Crippen molar-refractivity contribution in [1.29, 1.82) is 0 Å². The van der Waals surface area contributed by atoms with Crippen molar-refractivity contribution in [2.75, 3.05) is 5.32 Å². The first-order valence-corrected chi connectivity index (χ1v) is 5.67. The number of carbonyl (C=O) groups excluding carboxylic acids is 1. The SMILES string of the molecule is [N-]=[N+]=Nc1ccc(NC(=O)c2cccs2)cc1. The summed E-state index contributed by atoms with van der Waals surface area (Å²) in [7, 11) is 0. The second kappa shape index (κ2) is 5.16. The van der Waals surface area contributed by atoms with Gasteiger partial charge >= 0.3 is 0 Å². The zero-order valence-corrected chi connectivity index (χ0v) is 9.52. The molecule has 0 spiro atoms. The van der Waals surface area contributed by atoms with Gasteiger partial charge in [-0.2, -0.15) is 0 Å². The van der Waals surface area contributed by atoms with Gasteiger partial charge in [-0.25, -0.2) is 0 Å². The van der Waals surface area contributed by atoms with E-state index < -0.39 is 0 Å². The first kappa shape index (κ1) is 11.2. The minimum atomic E-state index is -0.142. The Bertz CT molecular complexity index is 556. The molecule has 84 valence electrons. The lowest BCUT2D eigenvalue weighted by atomic mass is 10.3. The van der Waals surface area contributed by atoms with E-state index in [4.69, 9.17) is 5.53 Å². The topological polar surface area (TPSA) is 77.9 Å². The molecule has 2 aromatic rings. The first-order chi connectivity index (χ1) is 8.29. The number of nitrogens with one attached hydrogen (secondary N) is 1. The van der Waals surface area contributed by atoms with Crippen LogP contribution in [0.3, 0.4) is 0 Å². The van der Waals surface area contributed by atoms with Crippen molar-refractivity contribution in [3.63, 3.8) is 0 Å². The molecule has 0 radical (unpaired) electrons. The third-order valence-electron chi connectivity index (χ3n) is 2.03. The maximum atomic E-state index is 11.7. The second-order valence-corrected chi connectivity index (χ2v) is 4.12. The summed E-state index contributed by atoms with van der Waals surface area (Å²) >= 11 is 1.38. The molecule has 0 saturated heterocycles. The molecule has 2 rings (SSSR count). The van der Waals surface area contributed by atoms with Crippen molar-refractivity contribution in [3.05, 3.63) is 57.1 Å². The fourth-order valence-corrected chi connectivity index (χ4v) is 1.88. The number of anilines is 1. The maximum Gasteiger partial charge on any atom is 0.265 e. The van der Waals surface area contributed by atoms with Gasteiger partial charge in [0.15, 0.2) is 0 Å². The number of amides is 1. The molecule has 0 atom stereocenters. The van der Waals surface area contributed by atoms with Gasteiger partial charge in [-0.05, 0) is 29.1 Å². The summed E-state index contributed by atoms with van der Waals surface area (Å²) in [4.78, 5) is 15.0. The van der Waals surface area contributed by atoms with Gasteiger partial charge in [0.25, 0.3) is 5.91 Å². The van der Waals surface area contributed by atoms with Gasteiger partial charge in [0.05, 0.1) is 4.88 Å². The Morgan fingerprint density at radius 1 is 1.29 bits per heavy atom. The summed E-state index contributed by atoms with van der Waals surface area (Å²) in [5.74, 6) is -0.142. The van der Waals surface area contributed by atoms with E-state index in [1.165, 1.54) is 11.3 Å². The molecule has 0 aliphatic heterocycles. The molecule has 17 heavy (non-hydrogen) atoms. The largest absolute Gasteiger partial charge is 0.321 e. The number of thiophene rings is 1. The van der Waals surface area contributed by atoms with Gasteiger partial charge < -0.3 is 5.32 Å². The molecule has 0 aliphatic rings. The number of benzene rings is 1. The summed E-state index contributed by atoms with van der Waals surface area (Å²) in [6, 6.07) is 10.2. The summed E-state index contributed by atoms with van der Waals surface area (Å²) in [5, 5.41) is 8.04. The van der Waals surface area contributed by atoms with Crippen LogP contribution >= 0.6 is 11.3 Å². The van der Waals surface area contributed by atoms with Crippen molar-refractivity contribution in [2.45, 2.75) is 0 Å². The van der Waals surface area contributed by atoms with Crippen LogP contribution in [0.5, 0.6) is 0 Å². The normalized spacial score (nSPS) is 9.41. The Kier molecular flexibility index (Phi) is 3.40. The number of rotatable bonds is 3. The van der Waals surface area contributed by atoms with E-state index in [9.17, 15) is 4.79 Å². The quantitative estimate of drug-likeness (QED) is 0.495. The van der Waals surface area contributed by atoms with E-state index in [-0.39, 0.29) is 5.91 Å². The zero-order chi connectivity index (χ0) is 12.1. The van der Waals surface area contributed by atoms with Gasteiger partial charge in [-0.1, -0.05) is 23.3 Å². The molecule has 5 nitrogen and oxygen atoms in total. The summed E-state index contributed by atoms with van der Waals surface area (Å²) in [5.41, 5.74) is 9.43. The molecule has 1 heterocycles. The number of azide groups is 1. The predicted molar refractivity (Wildman–Crippen MR) is 67.5 cm³/mol. The molecular weight excluding hydrogens is 236 g/mol. The third-order valence-corrected chi connectivity index (χ3v) is 2.90. The summed E-state index contributed by atoms with van der Waals surface area (Å²) < 4.78 is 0. The average molecular weight is 244 g/mol. The Morgan fingerprint density at radius 2 is 2.06 bits per heavy atom. The third kappa shape index (κ3) is 2.84. The number of hydrogen-bond donors (Lipinski definition) is 1. The van der Waals surface area contributed by atoms with Crippen LogP contribution in [-0.2, 0) is 0 Å². The monoisotopic (exact) mass is 244 g/mol. The van der Waals surface area contributed by atoms with Gasteiger partial charge in [0, 0.05) is 16.3 Å². The van der Waals surface area contributed by atoms with Gasteiger partial charge in [-0.3, -0.25) is 4.79 Å². The lowest BCUT2D eigenvalue weighted by Gasteiger charge is -2.03. The van der Waals surface area contributed by atoms with Crippen LogP contribution in [0, 0.1) is 0 Å². The highest BCUT2D eigenvalue weighted by Gasteiger charge is 2.05. The second-order valence-electron chi connectivity index (χ2n) is 3.17. The summed E-state index contributed by atoms with van der Waals surface area (Å²) in [6.45, 7) is 0. The molecule has 0 unspecified atom stereocenters. The van der Waals surface area contributed by atoms with Crippen LogP contribution in [-0.4, -0.2) is 5.91 Å². The minimum absolute atomic E-state index is 0.142. The van der Waals surface area contributed by atoms with Crippen molar-refractivity contribution in [3.8, 4) is 0 Å². The van der Waals surface area contributed by atoms with Crippen LogP contribution in [0.4, 0.5) is 11.4 Å². The van der Waals surface area contributed by atoms with Crippen LogP contribution in [0.2, 0.25) is 0 Å². The highest BCUT2D eigenvalue weighted by Crippen LogP contribution is 2.18. The van der Waals surface area contributed by atoms with Crippen molar-refractivity contribution >= 4 is 28.6 Å². The molecular formula is C11H8N4OS. The van der Waals surface area contributed by atoms with Crippen LogP contribution < -0.4 is 5.32 Å². The lowest BCUT2D eigenvalue weighted by Crippen LogP contribution is -2.09. The maximum absolute atomic E-state index is 11.7. The fourth-order valence-electron chi connectivity index (χ4n) is 1.26. The number of hydrogen-bond acceptors (Lipinski definition) is 3. The van der Waals surface area contributed by atoms with Crippen molar-refractivity contribution in [1.82, 2.24) is 0 Å². The highest BCUT2D eigenvalue weighted by molar-refractivity contribution is 7.12. The molecule has 0 fully saturated rings. The van der Waals surface area contributed by atoms with Crippen LogP contribution in [0.25, 0.3) is 10.4 Å². The Morgan fingerprint density at radius 3 is 2.65 bits per heavy atom. The molecule has 0 bridgehead atoms. The predicted octanol–water partition coefficient (Wildman–Crippen LogP) is 3.94.